The zero-order chi connectivity index (χ0) is 27.7. The summed E-state index contributed by atoms with van der Waals surface area (Å²) in [5.74, 6) is 1.40. The number of nitrogens with zero attached hydrogens (tertiary/aromatic N) is 3. The number of aromatic nitrogens is 2. The summed E-state index contributed by atoms with van der Waals surface area (Å²) in [4.78, 5) is 42.6. The lowest BCUT2D eigenvalue weighted by atomic mass is 9.93. The van der Waals surface area contributed by atoms with E-state index in [2.05, 4.69) is 15.6 Å². The Balaban J connectivity index is 1.31. The Bertz CT molecular complexity index is 1260. The Kier molecular flexibility index (Phi) is 8.44. The van der Waals surface area contributed by atoms with Crippen LogP contribution in [0.15, 0.2) is 24.4 Å². The van der Waals surface area contributed by atoms with Crippen LogP contribution in [0, 0.1) is 11.8 Å². The number of aliphatic hydroxyl groups excluding tert-OH is 2. The monoisotopic (exact) mass is 581 g/mol. The van der Waals surface area contributed by atoms with E-state index in [4.69, 9.17) is 30.9 Å². The fraction of sp³-hybridized carbons (Fsp3) is 0.560. The van der Waals surface area contributed by atoms with Gasteiger partial charge in [-0.15, -0.1) is 0 Å². The summed E-state index contributed by atoms with van der Waals surface area (Å²) in [6, 6.07) is 5.09. The van der Waals surface area contributed by atoms with Gasteiger partial charge in [0.05, 0.1) is 25.4 Å². The van der Waals surface area contributed by atoms with Gasteiger partial charge in [0.25, 0.3) is 5.91 Å². The largest absolute Gasteiger partial charge is 0.469 e. The van der Waals surface area contributed by atoms with Gasteiger partial charge in [-0.05, 0) is 61.1 Å². The van der Waals surface area contributed by atoms with Crippen LogP contribution in [0.4, 0.5) is 11.8 Å². The zero-order valence-corrected chi connectivity index (χ0v) is 22.9. The lowest BCUT2D eigenvalue weighted by Gasteiger charge is -2.29. The maximum atomic E-state index is 13.3. The van der Waals surface area contributed by atoms with Crippen molar-refractivity contribution in [3.8, 4) is 0 Å². The fourth-order valence-electron chi connectivity index (χ4n) is 5.63. The first-order valence-electron chi connectivity index (χ1n) is 13.1. The summed E-state index contributed by atoms with van der Waals surface area (Å²) in [5.41, 5.74) is 1.71. The number of fused-ring (bicyclic) bond motifs is 1. The molecule has 1 aliphatic heterocycles. The van der Waals surface area contributed by atoms with E-state index < -0.39 is 13.9 Å². The Labute approximate surface area is 231 Å². The van der Waals surface area contributed by atoms with Crippen LogP contribution in [0.1, 0.15) is 53.6 Å². The number of hydrogen-bond acceptors (Lipinski definition) is 9. The molecule has 0 radical (unpaired) electrons. The summed E-state index contributed by atoms with van der Waals surface area (Å²) < 4.78 is 15.9. The number of carbonyl (C=O) groups is 1. The van der Waals surface area contributed by atoms with Crippen molar-refractivity contribution in [1.29, 1.82) is 0 Å². The van der Waals surface area contributed by atoms with Crippen LogP contribution in [0.5, 0.6) is 0 Å². The van der Waals surface area contributed by atoms with Gasteiger partial charge < -0.3 is 35.5 Å². The predicted octanol–water partition coefficient (Wildman–Crippen LogP) is 2.20. The molecule has 14 heteroatoms. The molecule has 12 nitrogen and oxygen atoms in total. The van der Waals surface area contributed by atoms with Crippen LogP contribution in [-0.4, -0.2) is 67.2 Å². The topological polar surface area (TPSA) is 177 Å². The highest BCUT2D eigenvalue weighted by atomic mass is 35.5. The van der Waals surface area contributed by atoms with Crippen LogP contribution in [0.3, 0.4) is 0 Å². The van der Waals surface area contributed by atoms with Crippen LogP contribution in [0.2, 0.25) is 5.02 Å². The van der Waals surface area contributed by atoms with Crippen molar-refractivity contribution in [2.75, 3.05) is 23.4 Å². The van der Waals surface area contributed by atoms with Crippen LogP contribution in [0.25, 0.3) is 0 Å². The maximum Gasteiger partial charge on any atom is 0.469 e. The molecule has 1 aromatic heterocycles. The molecule has 6 N–H and O–H groups in total. The second-order valence-corrected chi connectivity index (χ2v) is 12.1. The molecule has 1 aromatic carbocycles. The Morgan fingerprint density at radius 2 is 1.97 bits per heavy atom. The number of benzene rings is 1. The van der Waals surface area contributed by atoms with E-state index in [9.17, 15) is 19.6 Å². The van der Waals surface area contributed by atoms with Gasteiger partial charge in [-0.25, -0.2) is 9.55 Å². The minimum atomic E-state index is -4.55. The van der Waals surface area contributed by atoms with Gasteiger partial charge in [-0.1, -0.05) is 23.7 Å². The lowest BCUT2D eigenvalue weighted by Crippen LogP contribution is -2.40. The number of carbonyl (C=O) groups excluding carboxylic acids is 1. The smallest absolute Gasteiger partial charge is 0.394 e. The van der Waals surface area contributed by atoms with Gasteiger partial charge >= 0.3 is 7.82 Å². The van der Waals surface area contributed by atoms with Gasteiger partial charge in [0.1, 0.15) is 11.4 Å². The molecule has 2 saturated carbocycles. The van der Waals surface area contributed by atoms with Crippen molar-refractivity contribution >= 4 is 37.1 Å². The molecule has 3 unspecified atom stereocenters. The predicted molar refractivity (Wildman–Crippen MR) is 143 cm³/mol. The Hall–Kier alpha value is -2.31. The van der Waals surface area contributed by atoms with Gasteiger partial charge in [0.15, 0.2) is 0 Å². The maximum absolute atomic E-state index is 13.3. The van der Waals surface area contributed by atoms with Crippen molar-refractivity contribution in [3.05, 3.63) is 46.1 Å². The van der Waals surface area contributed by atoms with E-state index in [0.717, 1.165) is 18.5 Å². The summed E-state index contributed by atoms with van der Waals surface area (Å²) in [6.07, 6.45) is 3.91. The molecule has 3 fully saturated rings. The molecule has 0 bridgehead atoms. The quantitative estimate of drug-likeness (QED) is 0.227. The van der Waals surface area contributed by atoms with E-state index >= 15 is 0 Å². The molecule has 39 heavy (non-hydrogen) atoms. The number of rotatable bonds is 10. The van der Waals surface area contributed by atoms with Crippen LogP contribution >= 0.6 is 19.4 Å². The first kappa shape index (κ1) is 28.2. The average molecular weight is 582 g/mol. The van der Waals surface area contributed by atoms with E-state index in [0.29, 0.717) is 66.4 Å². The first-order valence-corrected chi connectivity index (χ1v) is 15.0. The van der Waals surface area contributed by atoms with Gasteiger partial charge in [-0.3, -0.25) is 9.32 Å². The van der Waals surface area contributed by atoms with Crippen molar-refractivity contribution in [3.63, 3.8) is 0 Å². The molecule has 5 rings (SSSR count). The van der Waals surface area contributed by atoms with Crippen molar-refractivity contribution in [1.82, 2.24) is 15.3 Å². The first-order chi connectivity index (χ1) is 18.6. The van der Waals surface area contributed by atoms with Crippen LogP contribution in [-0.2, 0) is 22.2 Å². The van der Waals surface area contributed by atoms with Crippen molar-refractivity contribution in [2.45, 2.75) is 63.4 Å². The van der Waals surface area contributed by atoms with E-state index in [-0.39, 0.29) is 36.8 Å². The van der Waals surface area contributed by atoms with Gasteiger partial charge in [-0.2, -0.15) is 4.98 Å². The number of anilines is 2. The minimum absolute atomic E-state index is 0.0135. The number of aliphatic hydroxyl groups is 2. The molecule has 2 aliphatic carbocycles. The van der Waals surface area contributed by atoms with E-state index in [1.54, 1.807) is 12.1 Å². The zero-order valence-electron chi connectivity index (χ0n) is 21.2. The number of amides is 1. The molecule has 212 valence electrons. The molecule has 0 spiro atoms. The standard InChI is InChI=1S/C25H33ClN5O7P/c26-21-7-14(1-2-15(21)12-32)9-27-23-20(10-28-25(30-23)31-11-16-8-19(16)22(31)13-33)24(34)29-17-3-5-18(6-4-17)38-39(35,36)37/h1-2,7,10,16-19,22,32-33H,3-6,8-9,11-13H2,(H,29,34)(H,27,28,30)(H2,35,36,37)/t16?,17-,18-,19?,22?. The van der Waals surface area contributed by atoms with Gasteiger partial charge in [0, 0.05) is 30.4 Å². The number of phosphoric ester groups is 1. The molecule has 1 amide bonds. The minimum Gasteiger partial charge on any atom is -0.394 e. The second-order valence-electron chi connectivity index (χ2n) is 10.5. The third-order valence-electron chi connectivity index (χ3n) is 7.81. The van der Waals surface area contributed by atoms with Crippen molar-refractivity contribution < 1.29 is 33.9 Å². The van der Waals surface area contributed by atoms with Gasteiger partial charge in [0.2, 0.25) is 5.95 Å². The average Bonchev–Trinajstić information content (AvgIpc) is 3.57. The Morgan fingerprint density at radius 1 is 1.21 bits per heavy atom. The number of halogens is 1. The lowest BCUT2D eigenvalue weighted by molar-refractivity contribution is 0.0820. The molecule has 3 atom stereocenters. The molecule has 2 aromatic rings. The molecule has 1 saturated heterocycles. The molecule has 3 aliphatic rings. The molecular weight excluding hydrogens is 549 g/mol. The summed E-state index contributed by atoms with van der Waals surface area (Å²) in [5, 5.41) is 26.0. The summed E-state index contributed by atoms with van der Waals surface area (Å²) in [7, 11) is -4.55. The SMILES string of the molecule is O=C(N[C@H]1CC[C@H](OP(=O)(O)O)CC1)c1cnc(N2CC3CC3C2CO)nc1NCc1ccc(CO)c(Cl)c1. The summed E-state index contributed by atoms with van der Waals surface area (Å²) in [6.45, 7) is 0.934. The van der Waals surface area contributed by atoms with E-state index in [1.165, 1.54) is 6.20 Å². The highest BCUT2D eigenvalue weighted by Gasteiger charge is 2.53. The summed E-state index contributed by atoms with van der Waals surface area (Å²) >= 11 is 6.25. The van der Waals surface area contributed by atoms with Crippen LogP contribution < -0.4 is 15.5 Å². The third-order valence-corrected chi connectivity index (χ3v) is 8.74. The normalized spacial score (nSPS) is 26.3. The fourth-order valence-corrected chi connectivity index (χ4v) is 6.49. The Morgan fingerprint density at radius 3 is 2.64 bits per heavy atom. The second kappa shape index (κ2) is 11.7. The number of piperidine rings is 1. The number of hydrogen-bond donors (Lipinski definition) is 6. The van der Waals surface area contributed by atoms with Crippen molar-refractivity contribution in [2.24, 2.45) is 11.8 Å². The van der Waals surface area contributed by atoms with E-state index in [1.807, 2.05) is 11.0 Å². The number of nitrogens with one attached hydrogen (secondary N) is 2. The third kappa shape index (κ3) is 6.71. The highest BCUT2D eigenvalue weighted by Crippen LogP contribution is 2.50. The molecule has 2 heterocycles. The highest BCUT2D eigenvalue weighted by molar-refractivity contribution is 7.46. The number of phosphoric acid groups is 1. The molecular formula is C25H33ClN5O7P.